The molecule has 1 aromatic carbocycles. The van der Waals surface area contributed by atoms with Gasteiger partial charge in [0.1, 0.15) is 11.6 Å². The zero-order chi connectivity index (χ0) is 16.3. The van der Waals surface area contributed by atoms with E-state index in [2.05, 4.69) is 4.98 Å². The van der Waals surface area contributed by atoms with E-state index in [1.165, 1.54) is 0 Å². The number of aryl methyl sites for hydroxylation is 2. The largest absolute Gasteiger partial charge is 0.462 e. The molecule has 0 aliphatic carbocycles. The molecule has 0 amide bonds. The summed E-state index contributed by atoms with van der Waals surface area (Å²) in [6.45, 7) is 5.47. The number of aromatic nitrogens is 1. The molecule has 112 valence electrons. The highest BCUT2D eigenvalue weighted by Gasteiger charge is 2.23. The lowest BCUT2D eigenvalue weighted by Gasteiger charge is -2.13. The Kier molecular flexibility index (Phi) is 4.42. The highest BCUT2D eigenvalue weighted by atomic mass is 16.5. The fraction of sp³-hybridized carbons (Fsp3) is 0.235. The van der Waals surface area contributed by atoms with Gasteiger partial charge in [0.05, 0.1) is 12.2 Å². The molecule has 2 rings (SSSR count). The molecule has 22 heavy (non-hydrogen) atoms. The molecular formula is C17H16N2O3. The van der Waals surface area contributed by atoms with Crippen molar-refractivity contribution in [2.75, 3.05) is 6.61 Å². The number of H-pyrrole nitrogens is 1. The number of benzene rings is 1. The Morgan fingerprint density at radius 2 is 1.91 bits per heavy atom. The van der Waals surface area contributed by atoms with E-state index in [1.54, 1.807) is 26.0 Å². The number of pyridine rings is 1. The number of ether oxygens (including phenoxy) is 1. The van der Waals surface area contributed by atoms with Crippen LogP contribution in [0.2, 0.25) is 0 Å². The third kappa shape index (κ3) is 2.77. The number of nitrogens with one attached hydrogen (secondary N) is 1. The van der Waals surface area contributed by atoms with Crippen LogP contribution in [0, 0.1) is 25.2 Å². The Hall–Kier alpha value is -2.87. The zero-order valence-electron chi connectivity index (χ0n) is 12.7. The number of esters is 1. The van der Waals surface area contributed by atoms with Crippen LogP contribution in [0.4, 0.5) is 0 Å². The van der Waals surface area contributed by atoms with Gasteiger partial charge in [-0.2, -0.15) is 5.26 Å². The van der Waals surface area contributed by atoms with Crippen LogP contribution in [-0.4, -0.2) is 17.6 Å². The maximum atomic E-state index is 12.3. The fourth-order valence-electron chi connectivity index (χ4n) is 2.30. The van der Waals surface area contributed by atoms with Crippen molar-refractivity contribution in [3.05, 3.63) is 57.0 Å². The summed E-state index contributed by atoms with van der Waals surface area (Å²) in [5, 5.41) is 9.32. The summed E-state index contributed by atoms with van der Waals surface area (Å²) < 4.78 is 5.06. The Bertz CT molecular complexity index is 812. The summed E-state index contributed by atoms with van der Waals surface area (Å²) in [7, 11) is 0. The Labute approximate surface area is 128 Å². The number of rotatable bonds is 3. The number of nitrogens with zero attached hydrogens (tertiary/aromatic N) is 1. The van der Waals surface area contributed by atoms with Crippen LogP contribution in [0.1, 0.15) is 34.1 Å². The predicted molar refractivity (Wildman–Crippen MR) is 82.6 cm³/mol. The third-order valence-electron chi connectivity index (χ3n) is 3.33. The van der Waals surface area contributed by atoms with Crippen molar-refractivity contribution < 1.29 is 9.53 Å². The van der Waals surface area contributed by atoms with Crippen molar-refractivity contribution >= 4 is 5.97 Å². The molecule has 0 radical (unpaired) electrons. The quantitative estimate of drug-likeness (QED) is 0.883. The number of nitriles is 1. The average molecular weight is 296 g/mol. The van der Waals surface area contributed by atoms with Gasteiger partial charge in [0.25, 0.3) is 5.56 Å². The molecule has 5 nitrogen and oxygen atoms in total. The van der Waals surface area contributed by atoms with Crippen molar-refractivity contribution in [2.45, 2.75) is 20.8 Å². The minimum absolute atomic E-state index is 0.0856. The minimum Gasteiger partial charge on any atom is -0.462 e. The molecule has 5 heteroatoms. The number of carbonyl (C=O) groups is 1. The summed E-state index contributed by atoms with van der Waals surface area (Å²) in [5.74, 6) is -0.552. The predicted octanol–water partition coefficient (Wildman–Crippen LogP) is 2.71. The topological polar surface area (TPSA) is 83.0 Å². The van der Waals surface area contributed by atoms with Crippen LogP contribution in [0.3, 0.4) is 0 Å². The van der Waals surface area contributed by atoms with Crippen molar-refractivity contribution in [3.63, 3.8) is 0 Å². The molecule has 0 aliphatic heterocycles. The summed E-state index contributed by atoms with van der Waals surface area (Å²) in [6.07, 6.45) is 0. The van der Waals surface area contributed by atoms with E-state index in [0.717, 1.165) is 5.56 Å². The molecule has 0 spiro atoms. The summed E-state index contributed by atoms with van der Waals surface area (Å²) in [5.41, 5.74) is 2.02. The second-order valence-electron chi connectivity index (χ2n) is 4.90. The summed E-state index contributed by atoms with van der Waals surface area (Å²) in [6, 6.07) is 9.19. The van der Waals surface area contributed by atoms with E-state index < -0.39 is 11.5 Å². The summed E-state index contributed by atoms with van der Waals surface area (Å²) >= 11 is 0. The van der Waals surface area contributed by atoms with Crippen molar-refractivity contribution in [1.82, 2.24) is 4.98 Å². The lowest BCUT2D eigenvalue weighted by molar-refractivity contribution is 0.0526. The smallest absolute Gasteiger partial charge is 0.340 e. The first-order valence-electron chi connectivity index (χ1n) is 6.90. The molecule has 1 N–H and O–H groups in total. The number of carbonyl (C=O) groups excluding carboxylic acids is 1. The average Bonchev–Trinajstić information content (AvgIpc) is 2.47. The van der Waals surface area contributed by atoms with Gasteiger partial charge in [-0.15, -0.1) is 0 Å². The van der Waals surface area contributed by atoms with Crippen molar-refractivity contribution in [3.8, 4) is 17.2 Å². The molecular weight excluding hydrogens is 280 g/mol. The number of hydrogen-bond donors (Lipinski definition) is 1. The van der Waals surface area contributed by atoms with Crippen LogP contribution in [-0.2, 0) is 4.74 Å². The van der Waals surface area contributed by atoms with Gasteiger partial charge < -0.3 is 9.72 Å². The van der Waals surface area contributed by atoms with Crippen LogP contribution < -0.4 is 5.56 Å². The molecule has 0 saturated carbocycles. The van der Waals surface area contributed by atoms with E-state index >= 15 is 0 Å². The van der Waals surface area contributed by atoms with E-state index in [4.69, 9.17) is 4.74 Å². The SMILES string of the molecule is CCOC(=O)c1c(C)[nH]c(=O)c(C#N)c1-c1ccc(C)cc1. The van der Waals surface area contributed by atoms with Gasteiger partial charge in [-0.25, -0.2) is 4.79 Å². The second kappa shape index (κ2) is 6.27. The monoisotopic (exact) mass is 296 g/mol. The van der Waals surface area contributed by atoms with Gasteiger partial charge in [0.2, 0.25) is 0 Å². The van der Waals surface area contributed by atoms with E-state index in [1.807, 2.05) is 25.1 Å². The minimum atomic E-state index is -0.552. The van der Waals surface area contributed by atoms with Crippen LogP contribution in [0.5, 0.6) is 0 Å². The first kappa shape index (κ1) is 15.5. The molecule has 0 bridgehead atoms. The number of aromatic amines is 1. The molecule has 2 aromatic rings. The molecule has 0 saturated heterocycles. The van der Waals surface area contributed by atoms with Crippen molar-refractivity contribution in [2.24, 2.45) is 0 Å². The molecule has 0 unspecified atom stereocenters. The highest BCUT2D eigenvalue weighted by molar-refractivity contribution is 5.99. The lowest BCUT2D eigenvalue weighted by Crippen LogP contribution is -2.20. The van der Waals surface area contributed by atoms with Crippen molar-refractivity contribution in [1.29, 1.82) is 5.26 Å². The van der Waals surface area contributed by atoms with Crippen LogP contribution in [0.25, 0.3) is 11.1 Å². The van der Waals surface area contributed by atoms with Gasteiger partial charge >= 0.3 is 5.97 Å². The summed E-state index contributed by atoms with van der Waals surface area (Å²) in [4.78, 5) is 26.8. The fourth-order valence-corrected chi connectivity index (χ4v) is 2.30. The number of hydrogen-bond acceptors (Lipinski definition) is 4. The van der Waals surface area contributed by atoms with Gasteiger partial charge in [0, 0.05) is 11.3 Å². The standard InChI is InChI=1S/C17H16N2O3/c1-4-22-17(21)14-11(3)19-16(20)13(9-18)15(14)12-7-5-10(2)6-8-12/h5-8H,4H2,1-3H3,(H,19,20). The molecule has 0 atom stereocenters. The molecule has 0 aliphatic rings. The Morgan fingerprint density at radius 1 is 1.27 bits per heavy atom. The Morgan fingerprint density at radius 3 is 2.45 bits per heavy atom. The third-order valence-corrected chi connectivity index (χ3v) is 3.33. The normalized spacial score (nSPS) is 10.1. The molecule has 1 heterocycles. The van der Waals surface area contributed by atoms with E-state index in [-0.39, 0.29) is 17.7 Å². The first-order valence-corrected chi connectivity index (χ1v) is 6.90. The van der Waals surface area contributed by atoms with Gasteiger partial charge in [-0.1, -0.05) is 29.8 Å². The lowest BCUT2D eigenvalue weighted by atomic mass is 9.94. The maximum absolute atomic E-state index is 12.3. The van der Waals surface area contributed by atoms with Gasteiger partial charge in [-0.05, 0) is 26.3 Å². The van der Waals surface area contributed by atoms with Crippen LogP contribution in [0.15, 0.2) is 29.1 Å². The zero-order valence-corrected chi connectivity index (χ0v) is 12.7. The molecule has 0 fully saturated rings. The first-order chi connectivity index (χ1) is 10.5. The maximum Gasteiger partial charge on any atom is 0.340 e. The van der Waals surface area contributed by atoms with Gasteiger partial charge in [-0.3, -0.25) is 4.79 Å². The van der Waals surface area contributed by atoms with Crippen LogP contribution >= 0.6 is 0 Å². The Balaban J connectivity index is 2.83. The molecule has 1 aromatic heterocycles. The second-order valence-corrected chi connectivity index (χ2v) is 4.90. The van der Waals surface area contributed by atoms with Gasteiger partial charge in [0.15, 0.2) is 0 Å². The van der Waals surface area contributed by atoms with E-state index in [9.17, 15) is 14.9 Å². The van der Waals surface area contributed by atoms with E-state index in [0.29, 0.717) is 16.8 Å². The highest BCUT2D eigenvalue weighted by Crippen LogP contribution is 2.28.